The molecule has 5 nitrogen and oxygen atoms in total. The number of halogens is 2. The zero-order chi connectivity index (χ0) is 19.8. The second-order valence-corrected chi connectivity index (χ2v) is 7.73. The molecule has 2 N–H and O–H groups in total. The highest BCUT2D eigenvalue weighted by molar-refractivity contribution is 5.81. The molecular weight excluding hydrogens is 362 g/mol. The molecule has 2 aromatic rings. The Morgan fingerprint density at radius 2 is 2.00 bits per heavy atom. The quantitative estimate of drug-likeness (QED) is 0.827. The van der Waals surface area contributed by atoms with Crippen molar-refractivity contribution >= 4 is 11.4 Å². The van der Waals surface area contributed by atoms with Gasteiger partial charge in [-0.2, -0.15) is 8.78 Å². The molecule has 1 aromatic carbocycles. The first-order chi connectivity index (χ1) is 13.4. The standard InChI is InChI=1S/C21H24F2N4O/c1-12-10-18(24-13-4-3-9-27(2)11-13)25-26-19(12)17-8-5-14-15(20(17)28)6-7-16(14)21(22)23/h5,8,10,13,28H,3-4,6-7,9,11H2,1-2H3,(H,24,25)/t13-/m1/s1. The normalized spacial score (nSPS) is 19.6. The zero-order valence-corrected chi connectivity index (χ0v) is 16.1. The summed E-state index contributed by atoms with van der Waals surface area (Å²) in [6.07, 6.45) is 1.23. The molecule has 0 spiro atoms. The second-order valence-electron chi connectivity index (χ2n) is 7.73. The number of piperidine rings is 1. The number of allylic oxidation sites excluding steroid dienone is 1. The van der Waals surface area contributed by atoms with Gasteiger partial charge in [-0.05, 0) is 69.5 Å². The summed E-state index contributed by atoms with van der Waals surface area (Å²) in [7, 11) is 2.11. The van der Waals surface area contributed by atoms with E-state index in [1.54, 1.807) is 12.1 Å². The maximum absolute atomic E-state index is 13.1. The van der Waals surface area contributed by atoms with E-state index in [4.69, 9.17) is 0 Å². The third kappa shape index (κ3) is 3.46. The van der Waals surface area contributed by atoms with Crippen LogP contribution in [0.1, 0.15) is 36.0 Å². The lowest BCUT2D eigenvalue weighted by molar-refractivity contribution is 0.260. The van der Waals surface area contributed by atoms with Gasteiger partial charge in [-0.3, -0.25) is 0 Å². The van der Waals surface area contributed by atoms with Crippen LogP contribution in [0.5, 0.6) is 5.75 Å². The Hall–Kier alpha value is -2.54. The summed E-state index contributed by atoms with van der Waals surface area (Å²) in [6, 6.07) is 5.57. The van der Waals surface area contributed by atoms with Gasteiger partial charge in [0.15, 0.2) is 0 Å². The summed E-state index contributed by atoms with van der Waals surface area (Å²) < 4.78 is 26.1. The molecule has 28 heavy (non-hydrogen) atoms. The lowest BCUT2D eigenvalue weighted by Gasteiger charge is -2.30. The number of hydrogen-bond donors (Lipinski definition) is 2. The molecule has 0 bridgehead atoms. The van der Waals surface area contributed by atoms with Gasteiger partial charge in [0, 0.05) is 29.3 Å². The number of aryl methyl sites for hydroxylation is 1. The Kier molecular flexibility index (Phi) is 5.02. The predicted octanol–water partition coefficient (Wildman–Crippen LogP) is 4.22. The van der Waals surface area contributed by atoms with Crippen molar-refractivity contribution in [2.75, 3.05) is 25.5 Å². The number of rotatable bonds is 3. The van der Waals surface area contributed by atoms with Crippen LogP contribution in [0.2, 0.25) is 0 Å². The van der Waals surface area contributed by atoms with Crippen LogP contribution >= 0.6 is 0 Å². The largest absolute Gasteiger partial charge is 0.507 e. The van der Waals surface area contributed by atoms with Gasteiger partial charge in [0.1, 0.15) is 11.6 Å². The number of nitrogens with zero attached hydrogens (tertiary/aromatic N) is 3. The molecule has 148 valence electrons. The molecule has 1 saturated heterocycles. The van der Waals surface area contributed by atoms with Crippen LogP contribution in [0, 0.1) is 6.92 Å². The minimum Gasteiger partial charge on any atom is -0.507 e. The predicted molar refractivity (Wildman–Crippen MR) is 105 cm³/mol. The second kappa shape index (κ2) is 7.47. The minimum absolute atomic E-state index is 0.0247. The topological polar surface area (TPSA) is 61.3 Å². The summed E-state index contributed by atoms with van der Waals surface area (Å²) in [6.45, 7) is 4.00. The van der Waals surface area contributed by atoms with Crippen molar-refractivity contribution in [2.45, 2.75) is 38.6 Å². The number of anilines is 1. The molecule has 1 aromatic heterocycles. The van der Waals surface area contributed by atoms with Crippen molar-refractivity contribution in [3.05, 3.63) is 41.0 Å². The van der Waals surface area contributed by atoms with Crippen LogP contribution in [0.4, 0.5) is 14.6 Å². The van der Waals surface area contributed by atoms with Crippen molar-refractivity contribution in [3.8, 4) is 17.0 Å². The fraction of sp³-hybridized carbons (Fsp3) is 0.429. The molecule has 0 amide bonds. The van der Waals surface area contributed by atoms with Gasteiger partial charge in [0.05, 0.1) is 5.69 Å². The smallest absolute Gasteiger partial charge is 0.274 e. The molecule has 0 unspecified atom stereocenters. The molecule has 1 fully saturated rings. The Morgan fingerprint density at radius 3 is 2.71 bits per heavy atom. The van der Waals surface area contributed by atoms with E-state index in [9.17, 15) is 13.9 Å². The molecule has 0 saturated carbocycles. The highest BCUT2D eigenvalue weighted by Crippen LogP contribution is 2.44. The molecule has 1 aliphatic carbocycles. The van der Waals surface area contributed by atoms with Gasteiger partial charge in [-0.1, -0.05) is 6.07 Å². The van der Waals surface area contributed by atoms with E-state index in [1.165, 1.54) is 0 Å². The average Bonchev–Trinajstić information content (AvgIpc) is 3.08. The molecule has 1 aliphatic heterocycles. The number of aromatic hydroxyl groups is 1. The molecular formula is C21H24F2N4O. The highest BCUT2D eigenvalue weighted by Gasteiger charge is 2.26. The van der Waals surface area contributed by atoms with Gasteiger partial charge in [0.25, 0.3) is 6.08 Å². The van der Waals surface area contributed by atoms with E-state index in [2.05, 4.69) is 27.5 Å². The SMILES string of the molecule is Cc1cc(N[C@@H]2CCCN(C)C2)nnc1-c1ccc2c(c1O)CCC2=C(F)F. The van der Waals surface area contributed by atoms with Crippen LogP contribution in [0.15, 0.2) is 24.3 Å². The van der Waals surface area contributed by atoms with E-state index < -0.39 is 6.08 Å². The van der Waals surface area contributed by atoms with Crippen molar-refractivity contribution in [2.24, 2.45) is 0 Å². The first kappa shape index (κ1) is 18.8. The molecule has 7 heteroatoms. The maximum Gasteiger partial charge on any atom is 0.274 e. The summed E-state index contributed by atoms with van der Waals surface area (Å²) in [5.41, 5.74) is 3.01. The van der Waals surface area contributed by atoms with Crippen LogP contribution < -0.4 is 5.32 Å². The van der Waals surface area contributed by atoms with E-state index in [0.717, 1.165) is 31.5 Å². The van der Waals surface area contributed by atoms with Crippen molar-refractivity contribution in [1.29, 1.82) is 0 Å². The third-order valence-corrected chi connectivity index (χ3v) is 5.68. The lowest BCUT2D eigenvalue weighted by atomic mass is 9.99. The number of phenolic OH excluding ortho intramolecular Hbond substituents is 1. The Labute approximate surface area is 163 Å². The Balaban J connectivity index is 1.61. The summed E-state index contributed by atoms with van der Waals surface area (Å²) in [5.74, 6) is 0.743. The van der Waals surface area contributed by atoms with Crippen LogP contribution in [0.25, 0.3) is 16.8 Å². The number of likely N-dealkylation sites (tertiary alicyclic amines) is 1. The van der Waals surface area contributed by atoms with Gasteiger partial charge in [0.2, 0.25) is 0 Å². The first-order valence-electron chi connectivity index (χ1n) is 9.63. The molecule has 1 atom stereocenters. The number of benzene rings is 1. The molecule has 4 rings (SSSR count). The third-order valence-electron chi connectivity index (χ3n) is 5.68. The Bertz CT molecular complexity index is 940. The molecule has 2 heterocycles. The zero-order valence-electron chi connectivity index (χ0n) is 16.1. The van der Waals surface area contributed by atoms with Crippen LogP contribution in [-0.4, -0.2) is 46.4 Å². The number of likely N-dealkylation sites (N-methyl/N-ethyl adjacent to an activating group) is 1. The number of phenols is 1. The van der Waals surface area contributed by atoms with Gasteiger partial charge in [-0.15, -0.1) is 10.2 Å². The van der Waals surface area contributed by atoms with Gasteiger partial charge >= 0.3 is 0 Å². The lowest BCUT2D eigenvalue weighted by Crippen LogP contribution is -2.39. The van der Waals surface area contributed by atoms with E-state index in [1.807, 2.05) is 13.0 Å². The van der Waals surface area contributed by atoms with E-state index in [-0.39, 0.29) is 17.7 Å². The number of nitrogens with one attached hydrogen (secondary N) is 1. The summed E-state index contributed by atoms with van der Waals surface area (Å²) in [5, 5.41) is 22.7. The van der Waals surface area contributed by atoms with Crippen LogP contribution in [-0.2, 0) is 6.42 Å². The van der Waals surface area contributed by atoms with Crippen molar-refractivity contribution in [3.63, 3.8) is 0 Å². The summed E-state index contributed by atoms with van der Waals surface area (Å²) in [4.78, 5) is 2.29. The van der Waals surface area contributed by atoms with Crippen molar-refractivity contribution in [1.82, 2.24) is 15.1 Å². The first-order valence-corrected chi connectivity index (χ1v) is 9.63. The fourth-order valence-corrected chi connectivity index (χ4v) is 4.26. The monoisotopic (exact) mass is 386 g/mol. The number of hydrogen-bond acceptors (Lipinski definition) is 5. The van der Waals surface area contributed by atoms with Gasteiger partial charge in [-0.25, -0.2) is 0 Å². The highest BCUT2D eigenvalue weighted by atomic mass is 19.3. The molecule has 2 aliphatic rings. The number of aromatic nitrogens is 2. The number of fused-ring (bicyclic) bond motifs is 1. The van der Waals surface area contributed by atoms with Crippen molar-refractivity contribution < 1.29 is 13.9 Å². The molecule has 0 radical (unpaired) electrons. The maximum atomic E-state index is 13.1. The average molecular weight is 386 g/mol. The fourth-order valence-electron chi connectivity index (χ4n) is 4.26. The summed E-state index contributed by atoms with van der Waals surface area (Å²) >= 11 is 0. The minimum atomic E-state index is -1.68. The van der Waals surface area contributed by atoms with E-state index in [0.29, 0.717) is 40.7 Å². The van der Waals surface area contributed by atoms with Gasteiger partial charge < -0.3 is 15.3 Å². The van der Waals surface area contributed by atoms with E-state index >= 15 is 0 Å². The Morgan fingerprint density at radius 1 is 1.21 bits per heavy atom. The van der Waals surface area contributed by atoms with Crippen LogP contribution in [0.3, 0.4) is 0 Å².